The quantitative estimate of drug-likeness (QED) is 0.303. The third-order valence-electron chi connectivity index (χ3n) is 8.91. The fourth-order valence-electron chi connectivity index (χ4n) is 7.02. The third-order valence-corrected chi connectivity index (χ3v) is 8.91. The van der Waals surface area contributed by atoms with Gasteiger partial charge in [0.25, 0.3) is 0 Å². The minimum Gasteiger partial charge on any atom is -0.0955 e. The van der Waals surface area contributed by atoms with Crippen LogP contribution in [0.5, 0.6) is 0 Å². The highest BCUT2D eigenvalue weighted by Crippen LogP contribution is 2.52. The Bertz CT molecular complexity index is 926. The molecule has 0 N–H and O–H groups in total. The van der Waals surface area contributed by atoms with Crippen LogP contribution < -0.4 is 0 Å². The van der Waals surface area contributed by atoms with Crippen LogP contribution in [0.2, 0.25) is 0 Å². The van der Waals surface area contributed by atoms with E-state index in [-0.39, 0.29) is 0 Å². The smallest absolute Gasteiger partial charge is 0.0154 e. The second-order valence-corrected chi connectivity index (χ2v) is 13.1. The fraction of sp³-hybridized carbons (Fsp3) is 0.622. The average Bonchev–Trinajstić information content (AvgIpc) is 2.84. The Morgan fingerprint density at radius 3 is 2.03 bits per heavy atom. The summed E-state index contributed by atoms with van der Waals surface area (Å²) in [6.45, 7) is 24.6. The van der Waals surface area contributed by atoms with E-state index in [1.54, 1.807) is 5.56 Å². The molecule has 0 heteroatoms. The molecule has 0 aliphatic heterocycles. The zero-order valence-electron chi connectivity index (χ0n) is 25.9. The zero-order valence-corrected chi connectivity index (χ0v) is 25.9. The second-order valence-electron chi connectivity index (χ2n) is 13.1. The van der Waals surface area contributed by atoms with Crippen molar-refractivity contribution in [2.45, 2.75) is 126 Å². The van der Waals surface area contributed by atoms with Gasteiger partial charge in [-0.25, -0.2) is 0 Å². The minimum absolute atomic E-state index is 0.613. The summed E-state index contributed by atoms with van der Waals surface area (Å²) in [6.07, 6.45) is 11.3. The van der Waals surface area contributed by atoms with Crippen LogP contribution >= 0.6 is 0 Å². The van der Waals surface area contributed by atoms with Crippen molar-refractivity contribution in [1.29, 1.82) is 0 Å². The normalized spacial score (nSPS) is 19.9. The molecule has 1 aliphatic rings. The first kappa shape index (κ1) is 31.4. The van der Waals surface area contributed by atoms with E-state index < -0.39 is 0 Å². The number of aryl methyl sites for hydroxylation is 1. The van der Waals surface area contributed by atoms with Crippen LogP contribution in [0.4, 0.5) is 0 Å². The zero-order chi connectivity index (χ0) is 27.6. The molecule has 0 amide bonds. The van der Waals surface area contributed by atoms with Gasteiger partial charge in [-0.3, -0.25) is 0 Å². The Morgan fingerprint density at radius 2 is 1.54 bits per heavy atom. The summed E-state index contributed by atoms with van der Waals surface area (Å²) >= 11 is 0. The lowest BCUT2D eigenvalue weighted by atomic mass is 9.59. The monoisotopic (exact) mass is 502 g/mol. The van der Waals surface area contributed by atoms with E-state index in [2.05, 4.69) is 117 Å². The predicted molar refractivity (Wildman–Crippen MR) is 167 cm³/mol. The molecule has 1 fully saturated rings. The Labute approximate surface area is 231 Å². The van der Waals surface area contributed by atoms with E-state index in [0.717, 1.165) is 23.3 Å². The summed E-state index contributed by atoms with van der Waals surface area (Å²) in [7, 11) is 0. The van der Waals surface area contributed by atoms with E-state index >= 15 is 0 Å². The van der Waals surface area contributed by atoms with Gasteiger partial charge in [0.15, 0.2) is 0 Å². The van der Waals surface area contributed by atoms with Crippen molar-refractivity contribution >= 4 is 5.57 Å². The predicted octanol–water partition coefficient (Wildman–Crippen LogP) is 12.0. The van der Waals surface area contributed by atoms with E-state index in [9.17, 15) is 0 Å². The molecule has 2 aromatic carbocycles. The number of hydrogen-bond donors (Lipinski definition) is 0. The summed E-state index contributed by atoms with van der Waals surface area (Å²) in [5.41, 5.74) is 7.45. The molecule has 37 heavy (non-hydrogen) atoms. The Hall–Kier alpha value is -1.82. The maximum atomic E-state index is 3.98. The molecule has 1 saturated carbocycles. The summed E-state index contributed by atoms with van der Waals surface area (Å²) in [5.74, 6) is 3.87. The highest BCUT2D eigenvalue weighted by Gasteiger charge is 2.39. The molecule has 206 valence electrons. The molecular formula is C37H58. The van der Waals surface area contributed by atoms with Crippen molar-refractivity contribution in [3.63, 3.8) is 0 Å². The highest BCUT2D eigenvalue weighted by molar-refractivity contribution is 5.62. The van der Waals surface area contributed by atoms with Crippen LogP contribution in [0.25, 0.3) is 5.57 Å². The topological polar surface area (TPSA) is 0 Å². The third kappa shape index (κ3) is 9.46. The molecule has 0 radical (unpaired) electrons. The lowest BCUT2D eigenvalue weighted by Gasteiger charge is -2.46. The standard InChI is InChI=1S/C22H36.C15H22/c1-5-12-22(13-6-2)16-19(14-18(3)4)15-21(17-22)20-10-8-7-9-11-20;1-10(2)13(6)15-8-7-14(11(3)4)9-12(15)5/h7-11,18-19,21H,5-6,12-17H2,1-4H3;7-10,13H,3H2,1-2,4-6H3. The van der Waals surface area contributed by atoms with E-state index in [4.69, 9.17) is 0 Å². The van der Waals surface area contributed by atoms with Gasteiger partial charge in [-0.1, -0.05) is 122 Å². The second kappa shape index (κ2) is 14.9. The molecule has 0 bridgehead atoms. The van der Waals surface area contributed by atoms with Gasteiger partial charge in [0.05, 0.1) is 0 Å². The first-order valence-electron chi connectivity index (χ1n) is 15.3. The van der Waals surface area contributed by atoms with Crippen molar-refractivity contribution in [3.8, 4) is 0 Å². The molecule has 0 saturated heterocycles. The Kier molecular flexibility index (Phi) is 12.7. The summed E-state index contributed by atoms with van der Waals surface area (Å²) in [5, 5.41) is 0. The summed E-state index contributed by atoms with van der Waals surface area (Å²) in [6, 6.07) is 18.0. The minimum atomic E-state index is 0.613. The van der Waals surface area contributed by atoms with Gasteiger partial charge in [0, 0.05) is 0 Å². The van der Waals surface area contributed by atoms with Crippen molar-refractivity contribution < 1.29 is 0 Å². The number of hydrogen-bond acceptors (Lipinski definition) is 0. The van der Waals surface area contributed by atoms with E-state index in [1.165, 1.54) is 68.1 Å². The van der Waals surface area contributed by atoms with Gasteiger partial charge in [-0.05, 0) is 110 Å². The van der Waals surface area contributed by atoms with Gasteiger partial charge in [0.1, 0.15) is 0 Å². The Morgan fingerprint density at radius 1 is 0.919 bits per heavy atom. The highest BCUT2D eigenvalue weighted by atomic mass is 14.4. The van der Waals surface area contributed by atoms with Crippen molar-refractivity contribution in [2.24, 2.45) is 23.2 Å². The van der Waals surface area contributed by atoms with Crippen LogP contribution in [0.15, 0.2) is 55.1 Å². The van der Waals surface area contributed by atoms with Crippen LogP contribution in [0.1, 0.15) is 141 Å². The van der Waals surface area contributed by atoms with Crippen LogP contribution in [-0.4, -0.2) is 0 Å². The van der Waals surface area contributed by atoms with Gasteiger partial charge in [-0.15, -0.1) is 0 Å². The molecule has 0 spiro atoms. The Balaban J connectivity index is 0.000000281. The molecule has 1 aliphatic carbocycles. The van der Waals surface area contributed by atoms with Crippen molar-refractivity contribution in [2.75, 3.05) is 0 Å². The van der Waals surface area contributed by atoms with Crippen molar-refractivity contribution in [3.05, 3.63) is 77.4 Å². The maximum absolute atomic E-state index is 3.98. The molecular weight excluding hydrogens is 444 g/mol. The summed E-state index contributed by atoms with van der Waals surface area (Å²) < 4.78 is 0. The number of benzene rings is 2. The lowest BCUT2D eigenvalue weighted by Crippen LogP contribution is -2.33. The fourth-order valence-corrected chi connectivity index (χ4v) is 7.02. The van der Waals surface area contributed by atoms with Gasteiger partial charge >= 0.3 is 0 Å². The number of allylic oxidation sites excluding steroid dienone is 1. The average molecular weight is 503 g/mol. The molecule has 3 rings (SSSR count). The summed E-state index contributed by atoms with van der Waals surface area (Å²) in [4.78, 5) is 0. The molecule has 2 aromatic rings. The van der Waals surface area contributed by atoms with Crippen LogP contribution in [0.3, 0.4) is 0 Å². The first-order chi connectivity index (χ1) is 17.5. The van der Waals surface area contributed by atoms with Gasteiger partial charge in [-0.2, -0.15) is 0 Å². The van der Waals surface area contributed by atoms with Gasteiger partial charge in [0.2, 0.25) is 0 Å². The molecule has 3 atom stereocenters. The lowest BCUT2D eigenvalue weighted by molar-refractivity contribution is 0.0852. The largest absolute Gasteiger partial charge is 0.0955 e. The van der Waals surface area contributed by atoms with E-state index in [1.807, 2.05) is 0 Å². The van der Waals surface area contributed by atoms with Crippen molar-refractivity contribution in [1.82, 2.24) is 0 Å². The molecule has 0 heterocycles. The molecule has 0 aromatic heterocycles. The van der Waals surface area contributed by atoms with Gasteiger partial charge < -0.3 is 0 Å². The molecule has 3 unspecified atom stereocenters. The first-order valence-corrected chi connectivity index (χ1v) is 15.3. The number of rotatable bonds is 10. The van der Waals surface area contributed by atoms with E-state index in [0.29, 0.717) is 17.3 Å². The molecule has 0 nitrogen and oxygen atoms in total. The maximum Gasteiger partial charge on any atom is -0.0154 e. The van der Waals surface area contributed by atoms with Crippen LogP contribution in [-0.2, 0) is 0 Å². The van der Waals surface area contributed by atoms with Crippen LogP contribution in [0, 0.1) is 30.1 Å². The SMILES string of the molecule is C=C(C)c1ccc(C(C)C(C)C)c(C)c1.CCCC1(CCC)CC(CC(C)C)CC(c2ccccc2)C1.